The van der Waals surface area contributed by atoms with Gasteiger partial charge in [0.05, 0.1) is 12.8 Å². The van der Waals surface area contributed by atoms with Crippen molar-refractivity contribution >= 4 is 29.4 Å². The van der Waals surface area contributed by atoms with Crippen LogP contribution in [0.25, 0.3) is 0 Å². The normalized spacial score (nSPS) is 10.8. The van der Waals surface area contributed by atoms with Crippen molar-refractivity contribution in [3.8, 4) is 11.5 Å². The van der Waals surface area contributed by atoms with E-state index in [2.05, 4.69) is 11.7 Å². The molecule has 1 N–H and O–H groups in total. The largest absolute Gasteiger partial charge is 0.490 e. The van der Waals surface area contributed by atoms with E-state index in [4.69, 9.17) is 37.9 Å². The lowest BCUT2D eigenvalue weighted by Gasteiger charge is -2.17. The van der Waals surface area contributed by atoms with Gasteiger partial charge in [-0.15, -0.1) is 6.58 Å². The van der Waals surface area contributed by atoms with Gasteiger partial charge < -0.3 is 14.7 Å². The van der Waals surface area contributed by atoms with E-state index < -0.39 is 0 Å². The van der Waals surface area contributed by atoms with Gasteiger partial charge in [0.2, 0.25) is 0 Å². The van der Waals surface area contributed by atoms with Gasteiger partial charge in [0.15, 0.2) is 11.5 Å². The summed E-state index contributed by atoms with van der Waals surface area (Å²) < 4.78 is 11.7. The predicted octanol–water partition coefficient (Wildman–Crippen LogP) is 5.51. The minimum Gasteiger partial charge on any atom is -0.490 e. The van der Waals surface area contributed by atoms with Crippen LogP contribution in [0.15, 0.2) is 48.1 Å². The van der Waals surface area contributed by atoms with Gasteiger partial charge in [-0.05, 0) is 37.6 Å². The summed E-state index contributed by atoms with van der Waals surface area (Å²) in [5, 5.41) is 13.0. The Labute approximate surface area is 157 Å². The number of allylic oxidation sites excluding steroid dienone is 1. The maximum absolute atomic E-state index is 8.79. The molecule has 0 aliphatic carbocycles. The van der Waals surface area contributed by atoms with Gasteiger partial charge in [-0.25, -0.2) is 0 Å². The molecule has 2 aromatic rings. The number of hydrogen-bond donors (Lipinski definition) is 1. The van der Waals surface area contributed by atoms with E-state index in [1.807, 2.05) is 19.1 Å². The van der Waals surface area contributed by atoms with Crippen molar-refractivity contribution in [1.29, 1.82) is 0 Å². The summed E-state index contributed by atoms with van der Waals surface area (Å²) in [6.45, 7) is 6.41. The minimum atomic E-state index is 0.271. The number of benzene rings is 2. The maximum atomic E-state index is 8.79. The first-order valence-electron chi connectivity index (χ1n) is 7.73. The average molecular weight is 380 g/mol. The molecule has 0 saturated heterocycles. The molecule has 6 heteroatoms. The lowest BCUT2D eigenvalue weighted by molar-refractivity contribution is 0.267. The molecule has 0 atom stereocenters. The first kappa shape index (κ1) is 19.2. The molecule has 0 aliphatic heterocycles. The molecule has 0 amide bonds. The van der Waals surface area contributed by atoms with Crippen LogP contribution in [0.3, 0.4) is 0 Å². The third-order valence-electron chi connectivity index (χ3n) is 3.41. The van der Waals surface area contributed by atoms with Crippen LogP contribution in [0, 0.1) is 0 Å². The Hall–Kier alpha value is -2.17. The third kappa shape index (κ3) is 5.15. The molecule has 0 unspecified atom stereocenters. The Morgan fingerprint density at radius 3 is 2.60 bits per heavy atom. The molecule has 0 aromatic heterocycles. The zero-order valence-electron chi connectivity index (χ0n) is 13.8. The highest BCUT2D eigenvalue weighted by molar-refractivity contribution is 6.35. The van der Waals surface area contributed by atoms with Crippen molar-refractivity contribution < 1.29 is 14.7 Å². The summed E-state index contributed by atoms with van der Waals surface area (Å²) in [6.07, 6.45) is 3.69. The zero-order chi connectivity index (χ0) is 18.2. The molecule has 2 aromatic carbocycles. The molecule has 0 heterocycles. The van der Waals surface area contributed by atoms with E-state index in [1.165, 1.54) is 6.21 Å². The lowest BCUT2D eigenvalue weighted by atomic mass is 10.1. The third-order valence-corrected chi connectivity index (χ3v) is 4.00. The lowest BCUT2D eigenvalue weighted by Crippen LogP contribution is -2.04. The topological polar surface area (TPSA) is 51.1 Å². The fourth-order valence-electron chi connectivity index (χ4n) is 2.35. The van der Waals surface area contributed by atoms with Crippen LogP contribution in [-0.4, -0.2) is 18.0 Å². The standard InChI is InChI=1S/C19H19Cl2NO3/c1-3-5-14-8-13(11-22-23)9-18(24-4-2)19(14)25-12-15-6-7-16(20)10-17(15)21/h3,6-11,23H,1,4-5,12H2,2H3/b22-11-. The summed E-state index contributed by atoms with van der Waals surface area (Å²) in [5.74, 6) is 1.18. The van der Waals surface area contributed by atoms with Gasteiger partial charge in [-0.1, -0.05) is 40.5 Å². The zero-order valence-corrected chi connectivity index (χ0v) is 15.3. The first-order chi connectivity index (χ1) is 12.1. The van der Waals surface area contributed by atoms with Crippen LogP contribution < -0.4 is 9.47 Å². The Bertz CT molecular complexity index is 776. The van der Waals surface area contributed by atoms with Crippen LogP contribution >= 0.6 is 23.2 Å². The fourth-order valence-corrected chi connectivity index (χ4v) is 2.81. The Kier molecular flexibility index (Phi) is 7.16. The number of oxime groups is 1. The minimum absolute atomic E-state index is 0.271. The first-order valence-corrected chi connectivity index (χ1v) is 8.49. The summed E-state index contributed by atoms with van der Waals surface area (Å²) >= 11 is 12.1. The van der Waals surface area contributed by atoms with E-state index in [-0.39, 0.29) is 6.61 Å². The number of halogens is 2. The van der Waals surface area contributed by atoms with Crippen LogP contribution in [0.1, 0.15) is 23.6 Å². The summed E-state index contributed by atoms with van der Waals surface area (Å²) in [6, 6.07) is 8.89. The molecule has 2 rings (SSSR count). The number of hydrogen-bond acceptors (Lipinski definition) is 4. The second-order valence-electron chi connectivity index (χ2n) is 5.20. The summed E-state index contributed by atoms with van der Waals surface area (Å²) in [5.41, 5.74) is 2.40. The van der Waals surface area contributed by atoms with Crippen LogP contribution in [0.5, 0.6) is 11.5 Å². The van der Waals surface area contributed by atoms with Crippen molar-refractivity contribution in [3.63, 3.8) is 0 Å². The Morgan fingerprint density at radius 2 is 1.96 bits per heavy atom. The number of nitrogens with zero attached hydrogens (tertiary/aromatic N) is 1. The van der Waals surface area contributed by atoms with E-state index in [0.717, 1.165) is 11.1 Å². The maximum Gasteiger partial charge on any atom is 0.165 e. The molecule has 0 radical (unpaired) electrons. The van der Waals surface area contributed by atoms with Crippen molar-refractivity contribution in [1.82, 2.24) is 0 Å². The SMILES string of the molecule is C=CCc1cc(/C=N\O)cc(OCC)c1OCc1ccc(Cl)cc1Cl. The molecule has 4 nitrogen and oxygen atoms in total. The second-order valence-corrected chi connectivity index (χ2v) is 6.05. The van der Waals surface area contributed by atoms with E-state index >= 15 is 0 Å². The van der Waals surface area contributed by atoms with Gasteiger partial charge in [0.25, 0.3) is 0 Å². The summed E-state index contributed by atoms with van der Waals surface area (Å²) in [7, 11) is 0. The molecule has 0 fully saturated rings. The van der Waals surface area contributed by atoms with Gasteiger partial charge in [-0.2, -0.15) is 0 Å². The van der Waals surface area contributed by atoms with Crippen LogP contribution in [-0.2, 0) is 13.0 Å². The number of ether oxygens (including phenoxy) is 2. The van der Waals surface area contributed by atoms with Gasteiger partial charge in [0.1, 0.15) is 6.61 Å². The molecule has 25 heavy (non-hydrogen) atoms. The summed E-state index contributed by atoms with van der Waals surface area (Å²) in [4.78, 5) is 0. The molecular weight excluding hydrogens is 361 g/mol. The van der Waals surface area contributed by atoms with Crippen LogP contribution in [0.4, 0.5) is 0 Å². The highest BCUT2D eigenvalue weighted by atomic mass is 35.5. The van der Waals surface area contributed by atoms with Crippen molar-refractivity contribution in [2.45, 2.75) is 20.0 Å². The highest BCUT2D eigenvalue weighted by Gasteiger charge is 2.14. The molecule has 0 bridgehead atoms. The Morgan fingerprint density at radius 1 is 1.16 bits per heavy atom. The van der Waals surface area contributed by atoms with Crippen molar-refractivity contribution in [2.24, 2.45) is 5.16 Å². The van der Waals surface area contributed by atoms with E-state index in [1.54, 1.807) is 24.3 Å². The quantitative estimate of drug-likeness (QED) is 0.284. The second kappa shape index (κ2) is 9.35. The molecule has 0 saturated carbocycles. The monoisotopic (exact) mass is 379 g/mol. The van der Waals surface area contributed by atoms with Gasteiger partial charge in [-0.3, -0.25) is 0 Å². The Balaban J connectivity index is 2.37. The molecule has 132 valence electrons. The number of rotatable bonds is 8. The fraction of sp³-hybridized carbons (Fsp3) is 0.211. The average Bonchev–Trinajstić information content (AvgIpc) is 2.56. The molecule has 0 aliphatic rings. The molecular formula is C19H19Cl2NO3. The highest BCUT2D eigenvalue weighted by Crippen LogP contribution is 2.35. The van der Waals surface area contributed by atoms with Gasteiger partial charge in [0, 0.05) is 26.7 Å². The molecule has 0 spiro atoms. The van der Waals surface area contributed by atoms with Crippen molar-refractivity contribution in [3.05, 3.63) is 69.7 Å². The van der Waals surface area contributed by atoms with Crippen molar-refractivity contribution in [2.75, 3.05) is 6.61 Å². The van der Waals surface area contributed by atoms with E-state index in [0.29, 0.717) is 40.1 Å². The smallest absolute Gasteiger partial charge is 0.165 e. The van der Waals surface area contributed by atoms with E-state index in [9.17, 15) is 0 Å². The van der Waals surface area contributed by atoms with Crippen LogP contribution in [0.2, 0.25) is 10.0 Å². The predicted molar refractivity (Wildman–Crippen MR) is 102 cm³/mol. The van der Waals surface area contributed by atoms with Gasteiger partial charge >= 0.3 is 0 Å².